The summed E-state index contributed by atoms with van der Waals surface area (Å²) in [6.45, 7) is -0.296. The lowest BCUT2D eigenvalue weighted by atomic mass is 10.3. The Morgan fingerprint density at radius 2 is 1.32 bits per heavy atom. The number of imide groups is 2. The van der Waals surface area contributed by atoms with Crippen molar-refractivity contribution in [3.05, 3.63) is 0 Å². The summed E-state index contributed by atoms with van der Waals surface area (Å²) in [6.07, 6.45) is 0.114. The molecule has 2 aliphatic heterocycles. The van der Waals surface area contributed by atoms with E-state index in [-0.39, 0.29) is 75.9 Å². The lowest BCUT2D eigenvalue weighted by Crippen LogP contribution is -2.34. The van der Waals surface area contributed by atoms with Gasteiger partial charge in [-0.25, -0.2) is 4.79 Å². The van der Waals surface area contributed by atoms with E-state index in [0.29, 0.717) is 5.06 Å². The van der Waals surface area contributed by atoms with E-state index in [4.69, 9.17) is 4.74 Å². The first kappa shape index (κ1) is 18.7. The van der Waals surface area contributed by atoms with Crippen LogP contribution in [-0.4, -0.2) is 65.1 Å². The fourth-order valence-corrected chi connectivity index (χ4v) is 2.30. The number of Topliss-reactive ketones (excluding diaryl/α,β-unsaturated/α-hetero) is 1. The molecule has 10 nitrogen and oxygen atoms in total. The molecule has 0 radical (unpaired) electrons. The summed E-state index contributed by atoms with van der Waals surface area (Å²) in [5.74, 6) is -2.93. The predicted octanol–water partition coefficient (Wildman–Crippen LogP) is -0.891. The first-order valence-electron chi connectivity index (χ1n) is 7.87. The number of amides is 4. The molecule has 2 aliphatic rings. The highest BCUT2D eigenvalue weighted by Crippen LogP contribution is 2.13. The molecule has 0 bridgehead atoms. The van der Waals surface area contributed by atoms with Crippen LogP contribution in [0.5, 0.6) is 0 Å². The van der Waals surface area contributed by atoms with E-state index in [1.54, 1.807) is 0 Å². The first-order chi connectivity index (χ1) is 11.9. The molecule has 4 amide bonds. The monoisotopic (exact) mass is 354 g/mol. The quantitative estimate of drug-likeness (QED) is 0.385. The molecule has 0 spiro atoms. The molecular weight excluding hydrogens is 336 g/mol. The number of carbonyl (C=O) groups excluding carboxylic acids is 6. The highest BCUT2D eigenvalue weighted by Gasteiger charge is 2.32. The zero-order valence-electron chi connectivity index (χ0n) is 13.5. The third-order valence-electron chi connectivity index (χ3n) is 3.66. The third-order valence-corrected chi connectivity index (χ3v) is 3.66. The molecule has 25 heavy (non-hydrogen) atoms. The van der Waals surface area contributed by atoms with Crippen molar-refractivity contribution < 1.29 is 38.3 Å². The minimum Gasteiger partial charge on any atom is -0.380 e. The van der Waals surface area contributed by atoms with Crippen molar-refractivity contribution in [2.24, 2.45) is 0 Å². The molecule has 0 N–H and O–H groups in total. The van der Waals surface area contributed by atoms with E-state index in [0.717, 1.165) is 4.90 Å². The molecule has 0 saturated carbocycles. The van der Waals surface area contributed by atoms with Crippen LogP contribution in [0.25, 0.3) is 0 Å². The summed E-state index contributed by atoms with van der Waals surface area (Å²) in [5, 5.41) is 0.454. The molecule has 136 valence electrons. The topological polar surface area (TPSA) is 127 Å². The van der Waals surface area contributed by atoms with Crippen molar-refractivity contribution in [1.29, 1.82) is 0 Å². The largest absolute Gasteiger partial charge is 0.380 e. The van der Waals surface area contributed by atoms with Crippen LogP contribution in [0.3, 0.4) is 0 Å². The van der Waals surface area contributed by atoms with Crippen LogP contribution in [0.1, 0.15) is 38.5 Å². The van der Waals surface area contributed by atoms with Gasteiger partial charge in [-0.2, -0.15) is 0 Å². The zero-order valence-corrected chi connectivity index (χ0v) is 13.5. The summed E-state index contributed by atoms with van der Waals surface area (Å²) >= 11 is 0. The lowest BCUT2D eigenvalue weighted by molar-refractivity contribution is -0.198. The Morgan fingerprint density at radius 1 is 0.800 bits per heavy atom. The SMILES string of the molecule is O=C(CCOCCC(=O)ON1C(=O)CCC1=O)CN1C(=O)CCC1=O. The second-order valence-corrected chi connectivity index (χ2v) is 5.57. The van der Waals surface area contributed by atoms with Crippen LogP contribution in [0.4, 0.5) is 0 Å². The van der Waals surface area contributed by atoms with E-state index in [9.17, 15) is 28.8 Å². The maximum atomic E-state index is 11.7. The molecule has 0 aromatic heterocycles. The van der Waals surface area contributed by atoms with Gasteiger partial charge in [0, 0.05) is 32.1 Å². The fourth-order valence-electron chi connectivity index (χ4n) is 2.30. The molecule has 0 atom stereocenters. The summed E-state index contributed by atoms with van der Waals surface area (Å²) in [5.41, 5.74) is 0. The Kier molecular flexibility index (Phi) is 6.34. The number of ketones is 1. The number of nitrogens with zero attached hydrogens (tertiary/aromatic N) is 2. The Hall–Kier alpha value is -2.62. The van der Waals surface area contributed by atoms with Gasteiger partial charge >= 0.3 is 5.97 Å². The van der Waals surface area contributed by atoms with Crippen molar-refractivity contribution >= 4 is 35.4 Å². The lowest BCUT2D eigenvalue weighted by Gasteiger charge is -2.13. The van der Waals surface area contributed by atoms with Gasteiger partial charge < -0.3 is 9.57 Å². The number of likely N-dealkylation sites (tertiary alicyclic amines) is 1. The number of carbonyl (C=O) groups is 6. The highest BCUT2D eigenvalue weighted by atomic mass is 16.7. The Bertz CT molecular complexity index is 531. The number of ether oxygens (including phenoxy) is 1. The molecule has 2 fully saturated rings. The van der Waals surface area contributed by atoms with Gasteiger partial charge in [-0.15, -0.1) is 5.06 Å². The first-order valence-corrected chi connectivity index (χ1v) is 7.87. The number of hydrogen-bond acceptors (Lipinski definition) is 8. The number of hydroxylamine groups is 2. The van der Waals surface area contributed by atoms with E-state index in [1.807, 2.05) is 0 Å². The molecule has 0 unspecified atom stereocenters. The second kappa shape index (κ2) is 8.47. The van der Waals surface area contributed by atoms with Gasteiger partial charge in [0.15, 0.2) is 5.78 Å². The third kappa shape index (κ3) is 5.18. The van der Waals surface area contributed by atoms with Gasteiger partial charge in [-0.1, -0.05) is 0 Å². The zero-order chi connectivity index (χ0) is 18.4. The molecule has 10 heteroatoms. The van der Waals surface area contributed by atoms with Crippen LogP contribution >= 0.6 is 0 Å². The van der Waals surface area contributed by atoms with Crippen LogP contribution in [-0.2, 0) is 38.3 Å². The van der Waals surface area contributed by atoms with E-state index in [1.165, 1.54) is 0 Å². The number of hydrogen-bond donors (Lipinski definition) is 0. The summed E-state index contributed by atoms with van der Waals surface area (Å²) < 4.78 is 5.11. The minimum absolute atomic E-state index is 0.00476. The Labute approximate surface area is 143 Å². The van der Waals surface area contributed by atoms with Crippen LogP contribution in [0.15, 0.2) is 0 Å². The molecule has 0 aromatic rings. The van der Waals surface area contributed by atoms with Gasteiger partial charge in [0.05, 0.1) is 26.2 Å². The van der Waals surface area contributed by atoms with Gasteiger partial charge in [0.1, 0.15) is 0 Å². The maximum absolute atomic E-state index is 11.7. The van der Waals surface area contributed by atoms with Crippen LogP contribution < -0.4 is 0 Å². The van der Waals surface area contributed by atoms with Gasteiger partial charge in [-0.3, -0.25) is 28.9 Å². The Balaban J connectivity index is 1.57. The van der Waals surface area contributed by atoms with Gasteiger partial charge in [0.25, 0.3) is 11.8 Å². The van der Waals surface area contributed by atoms with E-state index < -0.39 is 17.8 Å². The van der Waals surface area contributed by atoms with E-state index in [2.05, 4.69) is 4.84 Å². The van der Waals surface area contributed by atoms with Crippen molar-refractivity contribution in [2.45, 2.75) is 38.5 Å². The fraction of sp³-hybridized carbons (Fsp3) is 0.600. The van der Waals surface area contributed by atoms with Crippen molar-refractivity contribution in [2.75, 3.05) is 19.8 Å². The van der Waals surface area contributed by atoms with Crippen molar-refractivity contribution in [3.8, 4) is 0 Å². The average molecular weight is 354 g/mol. The van der Waals surface area contributed by atoms with Gasteiger partial charge in [-0.05, 0) is 0 Å². The smallest absolute Gasteiger partial charge is 0.335 e. The predicted molar refractivity (Wildman–Crippen MR) is 78.2 cm³/mol. The Morgan fingerprint density at radius 3 is 1.92 bits per heavy atom. The minimum atomic E-state index is -0.789. The highest BCUT2D eigenvalue weighted by molar-refractivity contribution is 6.04. The van der Waals surface area contributed by atoms with Crippen molar-refractivity contribution in [3.63, 3.8) is 0 Å². The molecule has 0 aromatic carbocycles. The van der Waals surface area contributed by atoms with Crippen LogP contribution in [0.2, 0.25) is 0 Å². The molecule has 2 heterocycles. The van der Waals surface area contributed by atoms with E-state index >= 15 is 0 Å². The normalized spacial score (nSPS) is 17.6. The molecule has 2 saturated heterocycles. The summed E-state index contributed by atoms with van der Waals surface area (Å²) in [7, 11) is 0. The number of rotatable bonds is 9. The molecule has 0 aliphatic carbocycles. The average Bonchev–Trinajstić information content (AvgIpc) is 3.04. The molecular formula is C15H18N2O8. The second-order valence-electron chi connectivity index (χ2n) is 5.57. The molecule has 2 rings (SSSR count). The van der Waals surface area contributed by atoms with Crippen LogP contribution in [0, 0.1) is 0 Å². The standard InChI is InChI=1S/C15H18N2O8/c18-10(9-16-11(19)1-2-12(16)20)5-7-24-8-6-15(23)25-17-13(21)3-4-14(17)22/h1-9H2. The summed E-state index contributed by atoms with van der Waals surface area (Å²) in [4.78, 5) is 74.0. The van der Waals surface area contributed by atoms with Gasteiger partial charge in [0.2, 0.25) is 11.8 Å². The maximum Gasteiger partial charge on any atom is 0.335 e. The van der Waals surface area contributed by atoms with Crippen molar-refractivity contribution in [1.82, 2.24) is 9.96 Å². The summed E-state index contributed by atoms with van der Waals surface area (Å²) in [6, 6.07) is 0.